The second-order valence-corrected chi connectivity index (χ2v) is 11.6. The van der Waals surface area contributed by atoms with E-state index in [1.54, 1.807) is 24.3 Å². The van der Waals surface area contributed by atoms with E-state index in [0.29, 0.717) is 11.6 Å². The van der Waals surface area contributed by atoms with Crippen molar-refractivity contribution in [2.24, 2.45) is 0 Å². The van der Waals surface area contributed by atoms with Crippen molar-refractivity contribution in [3.63, 3.8) is 0 Å². The molecule has 0 fully saturated rings. The molecule has 0 radical (unpaired) electrons. The van der Waals surface area contributed by atoms with Crippen LogP contribution in [-0.2, 0) is 0 Å². The third-order valence-corrected chi connectivity index (χ3v) is 8.42. The van der Waals surface area contributed by atoms with E-state index in [0.717, 1.165) is 67.3 Å². The fourth-order valence-corrected chi connectivity index (χ4v) is 6.01. The number of rotatable bonds is 7. The highest BCUT2D eigenvalue weighted by atomic mass is 16.3. The number of phenolic OH excluding ortho intramolecular Hbond substituents is 2. The van der Waals surface area contributed by atoms with Gasteiger partial charge >= 0.3 is 0 Å². The zero-order valence-electron chi connectivity index (χ0n) is 25.8. The molecule has 4 N–H and O–H groups in total. The summed E-state index contributed by atoms with van der Waals surface area (Å²) in [4.78, 5) is 17.0. The predicted octanol–water partition coefficient (Wildman–Crippen LogP) is 10.2. The lowest BCUT2D eigenvalue weighted by atomic mass is 9.98. The van der Waals surface area contributed by atoms with Crippen molar-refractivity contribution in [3.8, 4) is 90.4 Å². The number of aromatic amines is 2. The Morgan fingerprint density at radius 2 is 0.688 bits per heavy atom. The smallest absolute Gasteiger partial charge is 0.138 e. The number of H-pyrrole nitrogens is 2. The van der Waals surface area contributed by atoms with E-state index in [4.69, 9.17) is 9.97 Å². The zero-order valence-corrected chi connectivity index (χ0v) is 25.8. The Labute approximate surface area is 277 Å². The summed E-state index contributed by atoms with van der Waals surface area (Å²) >= 11 is 0. The van der Waals surface area contributed by atoms with Gasteiger partial charge in [0.25, 0.3) is 0 Å². The third kappa shape index (κ3) is 5.63. The minimum atomic E-state index is 0.197. The lowest BCUT2D eigenvalue weighted by Gasteiger charge is -2.08. The molecule has 0 aliphatic heterocycles. The molecular formula is C42H30N4O2. The molecule has 6 aromatic carbocycles. The van der Waals surface area contributed by atoms with Crippen LogP contribution in [0.1, 0.15) is 0 Å². The summed E-state index contributed by atoms with van der Waals surface area (Å²) in [5.41, 5.74) is 11.4. The first-order chi connectivity index (χ1) is 23.6. The molecule has 0 aliphatic rings. The Balaban J connectivity index is 1.12. The molecule has 0 aliphatic carbocycles. The summed E-state index contributed by atoms with van der Waals surface area (Å²) in [6, 6.07) is 51.4. The number of imidazole rings is 2. The molecule has 0 saturated carbocycles. The summed E-state index contributed by atoms with van der Waals surface area (Å²) in [6.07, 6.45) is 0. The van der Waals surface area contributed by atoms with Crippen molar-refractivity contribution in [2.45, 2.75) is 0 Å². The first-order valence-electron chi connectivity index (χ1n) is 15.7. The molecule has 0 amide bonds. The summed E-state index contributed by atoms with van der Waals surface area (Å²) in [5.74, 6) is 1.78. The standard InChI is InChI=1S/C42H30N4O2/c47-35-15-7-13-33(25-35)41-43-37(29-9-3-1-4-10-29)39(45-41)31-21-17-27(18-22-31)28-19-23-32(24-20-28)40-38(30-11-5-2-6-12-30)44-42(46-40)34-14-8-16-36(48)26-34/h1-26,47-48H,(H,43,45)(H,44,46). The minimum Gasteiger partial charge on any atom is -0.508 e. The van der Waals surface area contributed by atoms with Crippen molar-refractivity contribution >= 4 is 0 Å². The topological polar surface area (TPSA) is 97.8 Å². The van der Waals surface area contributed by atoms with Gasteiger partial charge in [-0.1, -0.05) is 133 Å². The highest BCUT2D eigenvalue weighted by molar-refractivity contribution is 5.84. The van der Waals surface area contributed by atoms with Crippen molar-refractivity contribution in [1.82, 2.24) is 19.9 Å². The summed E-state index contributed by atoms with van der Waals surface area (Å²) < 4.78 is 0. The second kappa shape index (κ2) is 12.3. The van der Waals surface area contributed by atoms with Gasteiger partial charge in [-0.3, -0.25) is 0 Å². The molecule has 8 rings (SSSR count). The highest BCUT2D eigenvalue weighted by Gasteiger charge is 2.18. The van der Waals surface area contributed by atoms with Gasteiger partial charge in [0.1, 0.15) is 23.1 Å². The van der Waals surface area contributed by atoms with Crippen LogP contribution >= 0.6 is 0 Å². The van der Waals surface area contributed by atoms with E-state index in [2.05, 4.69) is 82.8 Å². The Bertz CT molecular complexity index is 2170. The van der Waals surface area contributed by atoms with Crippen LogP contribution < -0.4 is 0 Å². The van der Waals surface area contributed by atoms with Crippen LogP contribution in [0.2, 0.25) is 0 Å². The van der Waals surface area contributed by atoms with Crippen LogP contribution in [0.5, 0.6) is 11.5 Å². The van der Waals surface area contributed by atoms with Gasteiger partial charge in [-0.15, -0.1) is 0 Å². The van der Waals surface area contributed by atoms with Gasteiger partial charge in [-0.25, -0.2) is 9.97 Å². The van der Waals surface area contributed by atoms with Gasteiger partial charge in [0, 0.05) is 33.4 Å². The van der Waals surface area contributed by atoms with E-state index in [9.17, 15) is 10.2 Å². The number of aromatic hydroxyl groups is 2. The van der Waals surface area contributed by atoms with Crippen LogP contribution in [0.3, 0.4) is 0 Å². The van der Waals surface area contributed by atoms with Crippen LogP contribution in [0.15, 0.2) is 158 Å². The molecule has 0 saturated heterocycles. The number of hydrogen-bond acceptors (Lipinski definition) is 4. The molecule has 2 aromatic heterocycles. The second-order valence-electron chi connectivity index (χ2n) is 11.6. The summed E-state index contributed by atoms with van der Waals surface area (Å²) in [6.45, 7) is 0. The van der Waals surface area contributed by atoms with Gasteiger partial charge in [0.15, 0.2) is 0 Å². The fourth-order valence-electron chi connectivity index (χ4n) is 6.01. The van der Waals surface area contributed by atoms with Crippen LogP contribution in [-0.4, -0.2) is 30.1 Å². The third-order valence-electron chi connectivity index (χ3n) is 8.42. The zero-order chi connectivity index (χ0) is 32.5. The Kier molecular flexibility index (Phi) is 7.36. The van der Waals surface area contributed by atoms with E-state index in [-0.39, 0.29) is 11.5 Å². The molecule has 8 aromatic rings. The maximum Gasteiger partial charge on any atom is 0.138 e. The Hall–Kier alpha value is -6.66. The van der Waals surface area contributed by atoms with Gasteiger partial charge in [0.2, 0.25) is 0 Å². The van der Waals surface area contributed by atoms with Crippen LogP contribution in [0.4, 0.5) is 0 Å². The highest BCUT2D eigenvalue weighted by Crippen LogP contribution is 2.37. The number of benzene rings is 6. The molecule has 0 unspecified atom stereocenters. The molecule has 48 heavy (non-hydrogen) atoms. The maximum atomic E-state index is 10.1. The molecule has 230 valence electrons. The van der Waals surface area contributed by atoms with Crippen molar-refractivity contribution in [3.05, 3.63) is 158 Å². The number of nitrogens with zero attached hydrogens (tertiary/aromatic N) is 2. The van der Waals surface area contributed by atoms with Crippen molar-refractivity contribution in [1.29, 1.82) is 0 Å². The quantitative estimate of drug-likeness (QED) is 0.142. The van der Waals surface area contributed by atoms with Gasteiger partial charge in [-0.2, -0.15) is 0 Å². The van der Waals surface area contributed by atoms with Crippen LogP contribution in [0.25, 0.3) is 78.9 Å². The normalized spacial score (nSPS) is 11.1. The monoisotopic (exact) mass is 622 g/mol. The van der Waals surface area contributed by atoms with E-state index in [1.807, 2.05) is 60.7 Å². The lowest BCUT2D eigenvalue weighted by Crippen LogP contribution is -1.86. The lowest BCUT2D eigenvalue weighted by molar-refractivity contribution is 0.475. The number of hydrogen-bond donors (Lipinski definition) is 4. The number of nitrogens with one attached hydrogen (secondary N) is 2. The first-order valence-corrected chi connectivity index (χ1v) is 15.7. The molecule has 6 nitrogen and oxygen atoms in total. The van der Waals surface area contributed by atoms with E-state index < -0.39 is 0 Å². The van der Waals surface area contributed by atoms with E-state index in [1.165, 1.54) is 0 Å². The fraction of sp³-hybridized carbons (Fsp3) is 0. The first kappa shape index (κ1) is 28.8. The number of aromatic nitrogens is 4. The molecule has 0 spiro atoms. The molecule has 6 heteroatoms. The van der Waals surface area contributed by atoms with Gasteiger partial charge in [-0.05, 0) is 35.4 Å². The molecular weight excluding hydrogens is 592 g/mol. The average Bonchev–Trinajstić information content (AvgIpc) is 3.79. The molecule has 0 bridgehead atoms. The van der Waals surface area contributed by atoms with Crippen molar-refractivity contribution < 1.29 is 10.2 Å². The maximum absolute atomic E-state index is 10.1. The van der Waals surface area contributed by atoms with Crippen LogP contribution in [0, 0.1) is 0 Å². The summed E-state index contributed by atoms with van der Waals surface area (Å²) in [7, 11) is 0. The summed E-state index contributed by atoms with van der Waals surface area (Å²) in [5, 5.41) is 20.1. The van der Waals surface area contributed by atoms with Crippen molar-refractivity contribution in [2.75, 3.05) is 0 Å². The van der Waals surface area contributed by atoms with E-state index >= 15 is 0 Å². The molecule has 2 heterocycles. The predicted molar refractivity (Wildman–Crippen MR) is 192 cm³/mol. The molecule has 0 atom stereocenters. The largest absolute Gasteiger partial charge is 0.508 e. The Morgan fingerprint density at radius 1 is 0.333 bits per heavy atom. The average molecular weight is 623 g/mol. The van der Waals surface area contributed by atoms with Gasteiger partial charge in [0.05, 0.1) is 22.8 Å². The van der Waals surface area contributed by atoms with Gasteiger partial charge < -0.3 is 20.2 Å². The number of phenols is 2. The minimum absolute atomic E-state index is 0.197. The Morgan fingerprint density at radius 3 is 1.15 bits per heavy atom. The SMILES string of the molecule is Oc1cccc(-c2nc(-c3ccc(-c4ccc(-c5[nH]c(-c6cccc(O)c6)nc5-c5ccccc5)cc4)cc3)c(-c3ccccc3)[nH]2)c1.